The van der Waals surface area contributed by atoms with E-state index in [-0.39, 0.29) is 5.82 Å². The highest BCUT2D eigenvalue weighted by molar-refractivity contribution is 7.98. The minimum absolute atomic E-state index is 0.286. The summed E-state index contributed by atoms with van der Waals surface area (Å²) in [5.74, 6) is 1.08. The molecule has 0 bridgehead atoms. The van der Waals surface area contributed by atoms with E-state index < -0.39 is 0 Å². The van der Waals surface area contributed by atoms with Gasteiger partial charge in [-0.25, -0.2) is 4.39 Å². The molecule has 2 heterocycles. The SMILES string of the molecule is CCn1c(Cc2cccs2)nnc1SCc1c(F)cccc1Cl. The summed E-state index contributed by atoms with van der Waals surface area (Å²) in [6.45, 7) is 2.84. The van der Waals surface area contributed by atoms with Crippen LogP contribution < -0.4 is 0 Å². The Morgan fingerprint density at radius 2 is 2.13 bits per heavy atom. The molecule has 0 unspecified atom stereocenters. The largest absolute Gasteiger partial charge is 0.306 e. The Morgan fingerprint density at radius 1 is 1.26 bits per heavy atom. The first-order valence-corrected chi connectivity index (χ1v) is 9.43. The highest BCUT2D eigenvalue weighted by Gasteiger charge is 2.14. The van der Waals surface area contributed by atoms with Gasteiger partial charge in [0.2, 0.25) is 0 Å². The molecule has 0 spiro atoms. The van der Waals surface area contributed by atoms with Gasteiger partial charge in [0.15, 0.2) is 5.16 Å². The Morgan fingerprint density at radius 3 is 2.83 bits per heavy atom. The zero-order valence-corrected chi connectivity index (χ0v) is 14.9. The molecule has 7 heteroatoms. The van der Waals surface area contributed by atoms with Gasteiger partial charge >= 0.3 is 0 Å². The van der Waals surface area contributed by atoms with E-state index in [1.165, 1.54) is 22.7 Å². The zero-order valence-electron chi connectivity index (χ0n) is 12.5. The number of thiophene rings is 1. The summed E-state index contributed by atoms with van der Waals surface area (Å²) < 4.78 is 15.9. The summed E-state index contributed by atoms with van der Waals surface area (Å²) in [5, 5.41) is 11.8. The highest BCUT2D eigenvalue weighted by atomic mass is 35.5. The van der Waals surface area contributed by atoms with Crippen LogP contribution in [0, 0.1) is 5.82 Å². The van der Waals surface area contributed by atoms with E-state index in [1.807, 2.05) is 6.07 Å². The predicted molar refractivity (Wildman–Crippen MR) is 93.8 cm³/mol. The van der Waals surface area contributed by atoms with Crippen molar-refractivity contribution in [3.8, 4) is 0 Å². The topological polar surface area (TPSA) is 30.7 Å². The Balaban J connectivity index is 1.77. The Labute approximate surface area is 147 Å². The Hall–Kier alpha value is -1.37. The van der Waals surface area contributed by atoms with Crippen LogP contribution >= 0.6 is 34.7 Å². The number of halogens is 2. The van der Waals surface area contributed by atoms with Crippen molar-refractivity contribution in [2.75, 3.05) is 0 Å². The number of thioether (sulfide) groups is 1. The second-order valence-electron chi connectivity index (χ2n) is 4.89. The van der Waals surface area contributed by atoms with Crippen molar-refractivity contribution in [3.63, 3.8) is 0 Å². The van der Waals surface area contributed by atoms with E-state index in [9.17, 15) is 4.39 Å². The van der Waals surface area contributed by atoms with Crippen LogP contribution in [-0.4, -0.2) is 14.8 Å². The number of nitrogens with zero attached hydrogens (tertiary/aromatic N) is 3. The van der Waals surface area contributed by atoms with Crippen molar-refractivity contribution in [1.82, 2.24) is 14.8 Å². The summed E-state index contributed by atoms with van der Waals surface area (Å²) in [6, 6.07) is 8.86. The van der Waals surface area contributed by atoms with Crippen molar-refractivity contribution in [3.05, 3.63) is 62.8 Å². The number of benzene rings is 1. The van der Waals surface area contributed by atoms with Crippen LogP contribution in [0.4, 0.5) is 4.39 Å². The maximum atomic E-state index is 13.9. The van der Waals surface area contributed by atoms with Crippen LogP contribution in [0.5, 0.6) is 0 Å². The van der Waals surface area contributed by atoms with Gasteiger partial charge < -0.3 is 4.57 Å². The average molecular weight is 368 g/mol. The van der Waals surface area contributed by atoms with Gasteiger partial charge in [0.1, 0.15) is 11.6 Å². The van der Waals surface area contributed by atoms with Gasteiger partial charge in [-0.2, -0.15) is 0 Å². The fraction of sp³-hybridized carbons (Fsp3) is 0.250. The van der Waals surface area contributed by atoms with Gasteiger partial charge in [-0.1, -0.05) is 35.5 Å². The third-order valence-electron chi connectivity index (χ3n) is 3.43. The van der Waals surface area contributed by atoms with E-state index in [0.29, 0.717) is 16.3 Å². The van der Waals surface area contributed by atoms with Crippen molar-refractivity contribution in [2.24, 2.45) is 0 Å². The molecule has 0 fully saturated rings. The first kappa shape index (κ1) is 16.5. The quantitative estimate of drug-likeness (QED) is 0.572. The fourth-order valence-electron chi connectivity index (χ4n) is 2.25. The third kappa shape index (κ3) is 3.76. The monoisotopic (exact) mass is 367 g/mol. The molecule has 0 aliphatic carbocycles. The van der Waals surface area contributed by atoms with Crippen molar-refractivity contribution in [2.45, 2.75) is 30.8 Å². The van der Waals surface area contributed by atoms with E-state index >= 15 is 0 Å². The molecule has 120 valence electrons. The molecule has 3 aromatic rings. The predicted octanol–water partition coefficient (Wildman–Crippen LogP) is 5.04. The number of rotatable bonds is 6. The maximum absolute atomic E-state index is 13.9. The first-order chi connectivity index (χ1) is 11.2. The van der Waals surface area contributed by atoms with Gasteiger partial charge in [-0.05, 0) is 30.5 Å². The van der Waals surface area contributed by atoms with Crippen LogP contribution in [0.2, 0.25) is 5.02 Å². The standard InChI is InChI=1S/C16H15ClFN3S2/c1-2-21-15(9-11-5-4-8-22-11)19-20-16(21)23-10-12-13(17)6-3-7-14(12)18/h3-8H,2,9-10H2,1H3. The van der Waals surface area contributed by atoms with Crippen molar-refractivity contribution < 1.29 is 4.39 Å². The van der Waals surface area contributed by atoms with Crippen LogP contribution in [0.15, 0.2) is 40.9 Å². The van der Waals surface area contributed by atoms with E-state index in [2.05, 4.69) is 33.1 Å². The summed E-state index contributed by atoms with van der Waals surface area (Å²) >= 11 is 9.23. The number of aromatic nitrogens is 3. The molecule has 3 rings (SSSR count). The molecule has 1 aromatic carbocycles. The zero-order chi connectivity index (χ0) is 16.2. The van der Waals surface area contributed by atoms with Gasteiger partial charge in [-0.3, -0.25) is 0 Å². The van der Waals surface area contributed by atoms with Gasteiger partial charge in [0, 0.05) is 34.2 Å². The van der Waals surface area contributed by atoms with Crippen molar-refractivity contribution in [1.29, 1.82) is 0 Å². The molecule has 0 aliphatic heterocycles. The second kappa shape index (κ2) is 7.47. The minimum Gasteiger partial charge on any atom is -0.306 e. The molecule has 3 nitrogen and oxygen atoms in total. The average Bonchev–Trinajstić information content (AvgIpc) is 3.17. The molecule has 0 atom stereocenters. The lowest BCUT2D eigenvalue weighted by Crippen LogP contribution is -2.03. The van der Waals surface area contributed by atoms with Crippen LogP contribution in [0.1, 0.15) is 23.2 Å². The molecule has 0 saturated carbocycles. The maximum Gasteiger partial charge on any atom is 0.191 e. The van der Waals surface area contributed by atoms with Crippen LogP contribution in [0.3, 0.4) is 0 Å². The lowest BCUT2D eigenvalue weighted by molar-refractivity contribution is 0.617. The molecule has 23 heavy (non-hydrogen) atoms. The summed E-state index contributed by atoms with van der Waals surface area (Å²) in [6.07, 6.45) is 0.763. The smallest absolute Gasteiger partial charge is 0.191 e. The fourth-order valence-corrected chi connectivity index (χ4v) is 4.32. The van der Waals surface area contributed by atoms with Gasteiger partial charge in [-0.15, -0.1) is 21.5 Å². The molecule has 0 radical (unpaired) electrons. The number of hydrogen-bond acceptors (Lipinski definition) is 4. The third-order valence-corrected chi connectivity index (χ3v) is 5.65. The second-order valence-corrected chi connectivity index (χ2v) is 7.27. The summed E-state index contributed by atoms with van der Waals surface area (Å²) in [4.78, 5) is 1.25. The lowest BCUT2D eigenvalue weighted by atomic mass is 10.2. The van der Waals surface area contributed by atoms with Gasteiger partial charge in [0.05, 0.1) is 0 Å². The lowest BCUT2D eigenvalue weighted by Gasteiger charge is -2.08. The molecule has 0 N–H and O–H groups in total. The Bertz CT molecular complexity index is 766. The van der Waals surface area contributed by atoms with Crippen LogP contribution in [0.25, 0.3) is 0 Å². The normalized spacial score (nSPS) is 11.1. The van der Waals surface area contributed by atoms with E-state index in [4.69, 9.17) is 11.6 Å². The molecule has 0 amide bonds. The first-order valence-electron chi connectivity index (χ1n) is 7.19. The molecular formula is C16H15ClFN3S2. The van der Waals surface area contributed by atoms with Crippen LogP contribution in [-0.2, 0) is 18.7 Å². The number of hydrogen-bond donors (Lipinski definition) is 0. The van der Waals surface area contributed by atoms with E-state index in [1.54, 1.807) is 23.5 Å². The summed E-state index contributed by atoms with van der Waals surface area (Å²) in [5.41, 5.74) is 0.504. The van der Waals surface area contributed by atoms with Gasteiger partial charge in [0.25, 0.3) is 0 Å². The highest BCUT2D eigenvalue weighted by Crippen LogP contribution is 2.28. The molecule has 0 aliphatic rings. The Kier molecular flexibility index (Phi) is 5.35. The minimum atomic E-state index is -0.286. The molecule has 2 aromatic heterocycles. The molecule has 0 saturated heterocycles. The summed E-state index contributed by atoms with van der Waals surface area (Å²) in [7, 11) is 0. The van der Waals surface area contributed by atoms with E-state index in [0.717, 1.165) is 23.9 Å². The molecular weight excluding hydrogens is 353 g/mol. The van der Waals surface area contributed by atoms with Crippen molar-refractivity contribution >= 4 is 34.7 Å².